The molecular weight excluding hydrogens is 324 g/mol. The Hall–Kier alpha value is -2.06. The van der Waals surface area contributed by atoms with Crippen molar-refractivity contribution in [3.63, 3.8) is 0 Å². The van der Waals surface area contributed by atoms with Crippen LogP contribution >= 0.6 is 15.9 Å². The summed E-state index contributed by atoms with van der Waals surface area (Å²) in [6, 6.07) is 26.6. The fourth-order valence-electron chi connectivity index (χ4n) is 2.19. The van der Waals surface area contributed by atoms with Gasteiger partial charge in [0.1, 0.15) is 11.5 Å². The molecule has 21 heavy (non-hydrogen) atoms. The smallest absolute Gasteiger partial charge is 0.131 e. The van der Waals surface area contributed by atoms with E-state index in [1.165, 1.54) is 11.1 Å². The van der Waals surface area contributed by atoms with Gasteiger partial charge in [0.05, 0.1) is 0 Å². The molecule has 0 saturated carbocycles. The number of benzene rings is 3. The molecule has 0 aliphatic heterocycles. The van der Waals surface area contributed by atoms with Crippen molar-refractivity contribution in [1.29, 1.82) is 0 Å². The molecule has 0 fully saturated rings. The number of para-hydroxylation sites is 1. The fourth-order valence-corrected chi connectivity index (χ4v) is 2.65. The van der Waals surface area contributed by atoms with Crippen molar-refractivity contribution in [2.75, 3.05) is 0 Å². The molecule has 0 aliphatic rings. The van der Waals surface area contributed by atoms with Gasteiger partial charge in [0.2, 0.25) is 0 Å². The molecule has 0 heterocycles. The summed E-state index contributed by atoms with van der Waals surface area (Å²) in [7, 11) is 0. The second-order valence-corrected chi connectivity index (χ2v) is 5.29. The standard InChI is InChI=1S/C19H15BrO/c20-14-17-8-4-5-9-19(17)21-18-12-10-16(11-13-18)15-6-2-1-3-7-15/h1-13H,14H2. The summed E-state index contributed by atoms with van der Waals surface area (Å²) in [5.74, 6) is 1.74. The van der Waals surface area contributed by atoms with E-state index < -0.39 is 0 Å². The van der Waals surface area contributed by atoms with E-state index in [0.29, 0.717) is 0 Å². The second kappa shape index (κ2) is 6.59. The van der Waals surface area contributed by atoms with Crippen LogP contribution in [0, 0.1) is 0 Å². The second-order valence-electron chi connectivity index (χ2n) is 4.73. The molecule has 0 saturated heterocycles. The Bertz CT molecular complexity index is 705. The first-order chi connectivity index (χ1) is 10.4. The minimum absolute atomic E-state index is 0.783. The minimum atomic E-state index is 0.783. The van der Waals surface area contributed by atoms with Gasteiger partial charge in [-0.1, -0.05) is 76.6 Å². The third-order valence-electron chi connectivity index (χ3n) is 3.31. The van der Waals surface area contributed by atoms with Gasteiger partial charge in [-0.15, -0.1) is 0 Å². The van der Waals surface area contributed by atoms with E-state index in [0.717, 1.165) is 22.4 Å². The lowest BCUT2D eigenvalue weighted by Crippen LogP contribution is -1.89. The van der Waals surface area contributed by atoms with Crippen molar-refractivity contribution in [3.05, 3.63) is 84.4 Å². The summed E-state index contributed by atoms with van der Waals surface area (Å²) in [6.45, 7) is 0. The predicted octanol–water partition coefficient (Wildman–Crippen LogP) is 6.04. The van der Waals surface area contributed by atoms with Crippen molar-refractivity contribution in [1.82, 2.24) is 0 Å². The highest BCUT2D eigenvalue weighted by Gasteiger charge is 2.03. The van der Waals surface area contributed by atoms with Crippen LogP contribution in [0.1, 0.15) is 5.56 Å². The summed E-state index contributed by atoms with van der Waals surface area (Å²) in [5.41, 5.74) is 3.55. The molecule has 104 valence electrons. The van der Waals surface area contributed by atoms with Crippen LogP contribution in [0.2, 0.25) is 0 Å². The first kappa shape index (κ1) is 13.9. The Kier molecular flexibility index (Phi) is 4.37. The number of alkyl halides is 1. The SMILES string of the molecule is BrCc1ccccc1Oc1ccc(-c2ccccc2)cc1. The number of hydrogen-bond acceptors (Lipinski definition) is 1. The molecule has 0 unspecified atom stereocenters. The maximum atomic E-state index is 5.96. The first-order valence-electron chi connectivity index (χ1n) is 6.84. The van der Waals surface area contributed by atoms with E-state index in [4.69, 9.17) is 4.74 Å². The molecule has 3 rings (SSSR count). The minimum Gasteiger partial charge on any atom is -0.457 e. The van der Waals surface area contributed by atoms with E-state index in [2.05, 4.69) is 46.3 Å². The highest BCUT2D eigenvalue weighted by atomic mass is 79.9. The van der Waals surface area contributed by atoms with Crippen LogP contribution in [0.25, 0.3) is 11.1 Å². The number of halogens is 1. The maximum Gasteiger partial charge on any atom is 0.131 e. The highest BCUT2D eigenvalue weighted by Crippen LogP contribution is 2.28. The van der Waals surface area contributed by atoms with Gasteiger partial charge in [0, 0.05) is 10.9 Å². The van der Waals surface area contributed by atoms with Gasteiger partial charge in [0.15, 0.2) is 0 Å². The summed E-state index contributed by atoms with van der Waals surface area (Å²) in [4.78, 5) is 0. The van der Waals surface area contributed by atoms with Crippen LogP contribution in [0.4, 0.5) is 0 Å². The lowest BCUT2D eigenvalue weighted by Gasteiger charge is -2.10. The van der Waals surface area contributed by atoms with Crippen LogP contribution in [-0.4, -0.2) is 0 Å². The van der Waals surface area contributed by atoms with Gasteiger partial charge in [-0.3, -0.25) is 0 Å². The molecule has 3 aromatic rings. The van der Waals surface area contributed by atoms with Gasteiger partial charge in [-0.25, -0.2) is 0 Å². The number of ether oxygens (including phenoxy) is 1. The third kappa shape index (κ3) is 3.34. The largest absolute Gasteiger partial charge is 0.457 e. The Morgan fingerprint density at radius 2 is 1.29 bits per heavy atom. The quantitative estimate of drug-likeness (QED) is 0.527. The molecule has 0 radical (unpaired) electrons. The van der Waals surface area contributed by atoms with Crippen molar-refractivity contribution < 1.29 is 4.74 Å². The zero-order chi connectivity index (χ0) is 14.5. The molecule has 0 amide bonds. The van der Waals surface area contributed by atoms with E-state index in [9.17, 15) is 0 Å². The van der Waals surface area contributed by atoms with Crippen molar-refractivity contribution in [2.24, 2.45) is 0 Å². The Balaban J connectivity index is 1.82. The summed E-state index contributed by atoms with van der Waals surface area (Å²) < 4.78 is 5.96. The zero-order valence-corrected chi connectivity index (χ0v) is 13.1. The highest BCUT2D eigenvalue weighted by molar-refractivity contribution is 9.08. The van der Waals surface area contributed by atoms with Crippen LogP contribution < -0.4 is 4.74 Å². The average molecular weight is 339 g/mol. The van der Waals surface area contributed by atoms with Crippen LogP contribution in [0.5, 0.6) is 11.5 Å². The molecular formula is C19H15BrO. The lowest BCUT2D eigenvalue weighted by molar-refractivity contribution is 0.478. The summed E-state index contributed by atoms with van der Waals surface area (Å²) in [5, 5.41) is 0.783. The van der Waals surface area contributed by atoms with Gasteiger partial charge >= 0.3 is 0 Å². The van der Waals surface area contributed by atoms with Gasteiger partial charge in [-0.2, -0.15) is 0 Å². The van der Waals surface area contributed by atoms with Crippen molar-refractivity contribution in [2.45, 2.75) is 5.33 Å². The van der Waals surface area contributed by atoms with Gasteiger partial charge in [-0.05, 0) is 29.3 Å². The summed E-state index contributed by atoms with van der Waals surface area (Å²) in [6.07, 6.45) is 0. The normalized spacial score (nSPS) is 10.3. The van der Waals surface area contributed by atoms with E-state index in [1.807, 2.05) is 48.5 Å². The Morgan fingerprint density at radius 1 is 0.667 bits per heavy atom. The summed E-state index contributed by atoms with van der Waals surface area (Å²) >= 11 is 3.48. The number of hydrogen-bond donors (Lipinski definition) is 0. The van der Waals surface area contributed by atoms with Crippen molar-refractivity contribution >= 4 is 15.9 Å². The molecule has 1 nitrogen and oxygen atoms in total. The monoisotopic (exact) mass is 338 g/mol. The van der Waals surface area contributed by atoms with Crippen LogP contribution in [0.3, 0.4) is 0 Å². The maximum absolute atomic E-state index is 5.96. The molecule has 2 heteroatoms. The lowest BCUT2D eigenvalue weighted by atomic mass is 10.1. The molecule has 0 spiro atoms. The van der Waals surface area contributed by atoms with Crippen LogP contribution in [-0.2, 0) is 5.33 Å². The molecule has 0 atom stereocenters. The molecule has 3 aromatic carbocycles. The average Bonchev–Trinajstić information content (AvgIpc) is 2.57. The van der Waals surface area contributed by atoms with E-state index in [-0.39, 0.29) is 0 Å². The first-order valence-corrected chi connectivity index (χ1v) is 7.96. The molecule has 0 aromatic heterocycles. The van der Waals surface area contributed by atoms with Crippen LogP contribution in [0.15, 0.2) is 78.9 Å². The predicted molar refractivity (Wildman–Crippen MR) is 91.0 cm³/mol. The third-order valence-corrected chi connectivity index (χ3v) is 3.91. The molecule has 0 bridgehead atoms. The molecule has 0 N–H and O–H groups in total. The molecule has 0 aliphatic carbocycles. The van der Waals surface area contributed by atoms with Gasteiger partial charge in [0.25, 0.3) is 0 Å². The number of rotatable bonds is 4. The zero-order valence-electron chi connectivity index (χ0n) is 11.5. The fraction of sp³-hybridized carbons (Fsp3) is 0.0526. The van der Waals surface area contributed by atoms with E-state index >= 15 is 0 Å². The van der Waals surface area contributed by atoms with Crippen molar-refractivity contribution in [3.8, 4) is 22.6 Å². The van der Waals surface area contributed by atoms with Gasteiger partial charge < -0.3 is 4.74 Å². The topological polar surface area (TPSA) is 9.23 Å². The Labute approximate surface area is 133 Å². The Morgan fingerprint density at radius 3 is 2.00 bits per heavy atom. The van der Waals surface area contributed by atoms with E-state index in [1.54, 1.807) is 0 Å².